The van der Waals surface area contributed by atoms with Crippen molar-refractivity contribution in [3.8, 4) is 6.07 Å². The van der Waals surface area contributed by atoms with E-state index in [1.54, 1.807) is 6.92 Å². The van der Waals surface area contributed by atoms with Crippen molar-refractivity contribution in [2.45, 2.75) is 37.9 Å². The van der Waals surface area contributed by atoms with Crippen molar-refractivity contribution in [3.63, 3.8) is 0 Å². The van der Waals surface area contributed by atoms with E-state index in [4.69, 9.17) is 16.9 Å². The Hall–Kier alpha value is -2.13. The number of halogens is 2. The predicted octanol–water partition coefficient (Wildman–Crippen LogP) is 3.18. The minimum atomic E-state index is -1.11. The van der Waals surface area contributed by atoms with Crippen molar-refractivity contribution in [3.05, 3.63) is 28.3 Å². The molecule has 1 aromatic carbocycles. The van der Waals surface area contributed by atoms with Gasteiger partial charge in [0.15, 0.2) is 0 Å². The van der Waals surface area contributed by atoms with E-state index in [2.05, 4.69) is 0 Å². The lowest BCUT2D eigenvalue weighted by molar-refractivity contribution is -0.124. The van der Waals surface area contributed by atoms with E-state index in [-0.39, 0.29) is 23.4 Å². The van der Waals surface area contributed by atoms with Gasteiger partial charge in [-0.2, -0.15) is 5.26 Å². The van der Waals surface area contributed by atoms with Crippen LogP contribution in [0.25, 0.3) is 0 Å². The molecule has 2 atom stereocenters. The Bertz CT molecular complexity index is 760. The minimum absolute atomic E-state index is 0.0215. The fourth-order valence-corrected chi connectivity index (χ4v) is 3.65. The maximum absolute atomic E-state index is 13.7. The van der Waals surface area contributed by atoms with Gasteiger partial charge >= 0.3 is 6.03 Å². The molecule has 3 rings (SSSR count). The second-order valence-electron chi connectivity index (χ2n) is 6.04. The van der Waals surface area contributed by atoms with Gasteiger partial charge in [-0.05, 0) is 37.5 Å². The van der Waals surface area contributed by atoms with Crippen LogP contribution >= 0.6 is 11.6 Å². The number of anilines is 1. The number of nitrogens with zero attached hydrogens (tertiary/aromatic N) is 3. The van der Waals surface area contributed by atoms with Crippen molar-refractivity contribution in [1.29, 1.82) is 5.26 Å². The maximum atomic E-state index is 13.7. The van der Waals surface area contributed by atoms with Crippen LogP contribution in [0, 0.1) is 18.3 Å². The molecule has 3 amide bonds. The molecule has 0 unspecified atom stereocenters. The summed E-state index contributed by atoms with van der Waals surface area (Å²) in [6.07, 6.45) is -0.480. The number of carbonyl (C=O) groups excluding carboxylic acids is 2. The molecule has 0 N–H and O–H groups in total. The van der Waals surface area contributed by atoms with E-state index in [9.17, 15) is 14.0 Å². The Morgan fingerprint density at radius 3 is 2.70 bits per heavy atom. The van der Waals surface area contributed by atoms with Gasteiger partial charge in [-0.25, -0.2) is 14.1 Å². The lowest BCUT2D eigenvalue weighted by atomic mass is 9.96. The average Bonchev–Trinajstić information content (AvgIpc) is 3.00. The summed E-state index contributed by atoms with van der Waals surface area (Å²) in [5, 5.41) is 9.22. The van der Waals surface area contributed by atoms with Gasteiger partial charge in [0.05, 0.1) is 16.3 Å². The normalized spacial score (nSPS) is 27.2. The Balaban J connectivity index is 2.09. The summed E-state index contributed by atoms with van der Waals surface area (Å²) in [6, 6.07) is 4.47. The summed E-state index contributed by atoms with van der Waals surface area (Å²) < 4.78 is 13.7. The topological polar surface area (TPSA) is 64.4 Å². The van der Waals surface area contributed by atoms with Crippen molar-refractivity contribution in [2.24, 2.45) is 0 Å². The van der Waals surface area contributed by atoms with Gasteiger partial charge in [0.25, 0.3) is 5.91 Å². The van der Waals surface area contributed by atoms with Gasteiger partial charge in [0.2, 0.25) is 0 Å². The van der Waals surface area contributed by atoms with Crippen LogP contribution in [0.4, 0.5) is 14.9 Å². The summed E-state index contributed by atoms with van der Waals surface area (Å²) >= 11 is 6.14. The number of amides is 3. The predicted molar refractivity (Wildman–Crippen MR) is 83.0 cm³/mol. The lowest BCUT2D eigenvalue weighted by Crippen LogP contribution is -2.45. The highest BCUT2D eigenvalue weighted by Crippen LogP contribution is 2.44. The molecule has 1 aliphatic heterocycles. The average molecular weight is 336 g/mol. The molecule has 1 aromatic rings. The molecule has 0 bridgehead atoms. The number of hydrogen-bond acceptors (Lipinski definition) is 3. The zero-order valence-electron chi connectivity index (χ0n) is 12.8. The van der Waals surface area contributed by atoms with Crippen LogP contribution in [0.1, 0.15) is 30.4 Å². The molecule has 2 fully saturated rings. The molecular weight excluding hydrogens is 321 g/mol. The SMILES string of the molecule is Cc1c(N2C(=O)N(C)[C@@]3(CC[C@@H](F)C3)C2=O)ccc(C#N)c1Cl. The summed E-state index contributed by atoms with van der Waals surface area (Å²) in [6.45, 7) is 1.65. The standard InChI is InChI=1S/C16H15ClFN3O2/c1-9-12(4-3-10(8-19)13(9)17)21-14(22)16(20(2)15(21)23)6-5-11(18)7-16/h3-4,11H,5-7H2,1-2H3/t11-,16-/m1/s1. The van der Waals surface area contributed by atoms with E-state index >= 15 is 0 Å². The first-order chi connectivity index (χ1) is 10.8. The number of likely N-dealkylation sites (N-methyl/N-ethyl adjacent to an activating group) is 1. The van der Waals surface area contributed by atoms with E-state index in [1.165, 1.54) is 24.1 Å². The highest BCUT2D eigenvalue weighted by molar-refractivity contribution is 6.33. The van der Waals surface area contributed by atoms with Crippen molar-refractivity contribution in [2.75, 3.05) is 11.9 Å². The molecule has 23 heavy (non-hydrogen) atoms. The summed E-state index contributed by atoms with van der Waals surface area (Å²) in [4.78, 5) is 27.9. The maximum Gasteiger partial charge on any atom is 0.332 e. The molecule has 0 radical (unpaired) electrons. The summed E-state index contributed by atoms with van der Waals surface area (Å²) in [5.74, 6) is -0.422. The van der Waals surface area contributed by atoms with E-state index < -0.39 is 23.6 Å². The fourth-order valence-electron chi connectivity index (χ4n) is 3.45. The number of rotatable bonds is 1. The van der Waals surface area contributed by atoms with Crippen LogP contribution < -0.4 is 4.90 Å². The van der Waals surface area contributed by atoms with Gasteiger partial charge in [0, 0.05) is 13.5 Å². The molecule has 1 saturated heterocycles. The van der Waals surface area contributed by atoms with Crippen LogP contribution in [0.15, 0.2) is 12.1 Å². The number of hydrogen-bond donors (Lipinski definition) is 0. The number of carbonyl (C=O) groups is 2. The van der Waals surface area contributed by atoms with E-state index in [0.717, 1.165) is 4.90 Å². The Morgan fingerprint density at radius 2 is 2.13 bits per heavy atom. The zero-order valence-corrected chi connectivity index (χ0v) is 13.5. The lowest BCUT2D eigenvalue weighted by Gasteiger charge is -2.27. The van der Waals surface area contributed by atoms with Crippen LogP contribution in [-0.4, -0.2) is 35.6 Å². The Labute approximate surface area is 138 Å². The minimum Gasteiger partial charge on any atom is -0.312 e. The quantitative estimate of drug-likeness (QED) is 0.740. The Morgan fingerprint density at radius 1 is 1.43 bits per heavy atom. The molecule has 1 saturated carbocycles. The Kier molecular flexibility index (Phi) is 3.56. The fraction of sp³-hybridized carbons (Fsp3) is 0.438. The second-order valence-corrected chi connectivity index (χ2v) is 6.41. The first kappa shape index (κ1) is 15.8. The molecule has 2 aliphatic rings. The highest BCUT2D eigenvalue weighted by atomic mass is 35.5. The first-order valence-electron chi connectivity index (χ1n) is 7.29. The second kappa shape index (κ2) is 5.20. The smallest absolute Gasteiger partial charge is 0.312 e. The molecular formula is C16H15ClFN3O2. The van der Waals surface area contributed by atoms with Crippen LogP contribution in [-0.2, 0) is 4.79 Å². The summed E-state index contributed by atoms with van der Waals surface area (Å²) in [7, 11) is 1.53. The van der Waals surface area contributed by atoms with E-state index in [1.807, 2.05) is 6.07 Å². The van der Waals surface area contributed by atoms with Gasteiger partial charge in [-0.15, -0.1) is 0 Å². The third-order valence-corrected chi connectivity index (χ3v) is 5.36. The zero-order chi connectivity index (χ0) is 16.9. The van der Waals surface area contributed by atoms with E-state index in [0.29, 0.717) is 17.7 Å². The number of imide groups is 1. The van der Waals surface area contributed by atoms with Crippen molar-refractivity contribution < 1.29 is 14.0 Å². The molecule has 120 valence electrons. The van der Waals surface area contributed by atoms with Gasteiger partial charge in [-0.1, -0.05) is 11.6 Å². The molecule has 1 spiro atoms. The molecule has 1 aliphatic carbocycles. The molecule has 7 heteroatoms. The number of urea groups is 1. The monoisotopic (exact) mass is 335 g/mol. The highest BCUT2D eigenvalue weighted by Gasteiger charge is 2.59. The third kappa shape index (κ3) is 2.03. The van der Waals surface area contributed by atoms with Gasteiger partial charge < -0.3 is 4.90 Å². The van der Waals surface area contributed by atoms with Crippen LogP contribution in [0.2, 0.25) is 5.02 Å². The molecule has 0 aromatic heterocycles. The van der Waals surface area contributed by atoms with Crippen LogP contribution in [0.3, 0.4) is 0 Å². The molecule has 5 nitrogen and oxygen atoms in total. The number of benzene rings is 1. The third-order valence-electron chi connectivity index (χ3n) is 4.87. The number of nitriles is 1. The molecule has 1 heterocycles. The largest absolute Gasteiger partial charge is 0.332 e. The van der Waals surface area contributed by atoms with Crippen molar-refractivity contribution in [1.82, 2.24) is 4.90 Å². The van der Waals surface area contributed by atoms with Gasteiger partial charge in [0.1, 0.15) is 17.8 Å². The van der Waals surface area contributed by atoms with Crippen molar-refractivity contribution >= 4 is 29.2 Å². The summed E-state index contributed by atoms with van der Waals surface area (Å²) in [5.41, 5.74) is -0.00832. The number of alkyl halides is 1. The first-order valence-corrected chi connectivity index (χ1v) is 7.67. The van der Waals surface area contributed by atoms with Crippen LogP contribution in [0.5, 0.6) is 0 Å². The van der Waals surface area contributed by atoms with Gasteiger partial charge in [-0.3, -0.25) is 4.79 Å².